The number of para-hydroxylation sites is 2. The maximum absolute atomic E-state index is 9.83. The van der Waals surface area contributed by atoms with E-state index in [-0.39, 0.29) is 11.3 Å². The lowest BCUT2D eigenvalue weighted by molar-refractivity contribution is 0.381. The highest BCUT2D eigenvalue weighted by molar-refractivity contribution is 5.84. The Balaban J connectivity index is 1.94. The first-order valence-electron chi connectivity index (χ1n) is 8.66. The normalized spacial score (nSPS) is 19.5. The quantitative estimate of drug-likeness (QED) is 0.783. The van der Waals surface area contributed by atoms with Crippen molar-refractivity contribution >= 4 is 17.6 Å². The van der Waals surface area contributed by atoms with Crippen LogP contribution in [0.2, 0.25) is 0 Å². The van der Waals surface area contributed by atoms with Gasteiger partial charge in [0, 0.05) is 24.0 Å². The van der Waals surface area contributed by atoms with Gasteiger partial charge in [0.1, 0.15) is 11.4 Å². The van der Waals surface area contributed by atoms with Gasteiger partial charge in [-0.15, -0.1) is 0 Å². The molecular formula is C21H26N2O. The number of hydrogen-bond donors (Lipinski definition) is 1. The van der Waals surface area contributed by atoms with Gasteiger partial charge in [-0.2, -0.15) is 0 Å². The van der Waals surface area contributed by atoms with E-state index in [0.29, 0.717) is 11.6 Å². The minimum Gasteiger partial charge on any atom is -0.506 e. The van der Waals surface area contributed by atoms with Crippen LogP contribution in [0.4, 0.5) is 11.4 Å². The number of fused-ring (bicyclic) bond motifs is 1. The molecule has 3 nitrogen and oxygen atoms in total. The van der Waals surface area contributed by atoms with Crippen molar-refractivity contribution < 1.29 is 5.11 Å². The number of rotatable bonds is 3. The van der Waals surface area contributed by atoms with E-state index in [1.165, 1.54) is 11.3 Å². The molecule has 3 rings (SSSR count). The van der Waals surface area contributed by atoms with Crippen molar-refractivity contribution in [3.05, 3.63) is 53.6 Å². The first kappa shape index (κ1) is 16.6. The molecule has 0 aliphatic carbocycles. The largest absolute Gasteiger partial charge is 0.506 e. The van der Waals surface area contributed by atoms with Crippen molar-refractivity contribution in [3.8, 4) is 5.75 Å². The Morgan fingerprint density at radius 3 is 2.71 bits per heavy atom. The van der Waals surface area contributed by atoms with Crippen LogP contribution in [0.25, 0.3) is 0 Å². The molecule has 1 N–H and O–H groups in total. The molecule has 0 amide bonds. The van der Waals surface area contributed by atoms with Gasteiger partial charge in [0.15, 0.2) is 0 Å². The highest BCUT2D eigenvalue weighted by Crippen LogP contribution is 2.43. The van der Waals surface area contributed by atoms with E-state index >= 15 is 0 Å². The van der Waals surface area contributed by atoms with Crippen molar-refractivity contribution in [2.75, 3.05) is 11.4 Å². The van der Waals surface area contributed by atoms with Gasteiger partial charge in [0.25, 0.3) is 0 Å². The first-order valence-corrected chi connectivity index (χ1v) is 8.66. The van der Waals surface area contributed by atoms with E-state index in [1.54, 1.807) is 12.1 Å². The Morgan fingerprint density at radius 1 is 1.25 bits per heavy atom. The molecule has 0 saturated carbocycles. The zero-order valence-corrected chi connectivity index (χ0v) is 15.0. The van der Waals surface area contributed by atoms with E-state index in [2.05, 4.69) is 55.8 Å². The first-order chi connectivity index (χ1) is 11.4. The molecule has 0 radical (unpaired) electrons. The van der Waals surface area contributed by atoms with Gasteiger partial charge in [0.05, 0.1) is 0 Å². The topological polar surface area (TPSA) is 35.8 Å². The number of phenols is 1. The summed E-state index contributed by atoms with van der Waals surface area (Å²) in [5, 5.41) is 9.83. The van der Waals surface area contributed by atoms with E-state index in [9.17, 15) is 5.11 Å². The maximum atomic E-state index is 9.83. The third-order valence-electron chi connectivity index (χ3n) is 4.96. The Hall–Kier alpha value is -2.29. The highest BCUT2D eigenvalue weighted by atomic mass is 16.3. The summed E-state index contributed by atoms with van der Waals surface area (Å²) in [7, 11) is 0. The van der Waals surface area contributed by atoms with Gasteiger partial charge in [-0.3, -0.25) is 4.99 Å². The van der Waals surface area contributed by atoms with Gasteiger partial charge in [0.2, 0.25) is 0 Å². The molecule has 0 fully saturated rings. The number of nitrogens with zero attached hydrogens (tertiary/aromatic N) is 2. The molecule has 2 aromatic carbocycles. The van der Waals surface area contributed by atoms with Crippen LogP contribution in [0, 0.1) is 0 Å². The minimum absolute atomic E-state index is 0.187. The SMILES string of the molecule is CCN1c2ccc(C=Nc3ccccc3O)cc2C(C)CC1(C)C. The number of benzene rings is 2. The lowest BCUT2D eigenvalue weighted by atomic mass is 9.79. The summed E-state index contributed by atoms with van der Waals surface area (Å²) in [5.41, 5.74) is 4.57. The minimum atomic E-state index is 0.187. The molecule has 1 unspecified atom stereocenters. The fourth-order valence-electron chi connectivity index (χ4n) is 3.91. The molecule has 126 valence electrons. The molecule has 24 heavy (non-hydrogen) atoms. The van der Waals surface area contributed by atoms with E-state index in [0.717, 1.165) is 18.5 Å². The Labute approximate surface area is 144 Å². The van der Waals surface area contributed by atoms with Crippen LogP contribution in [0.3, 0.4) is 0 Å². The summed E-state index contributed by atoms with van der Waals surface area (Å²) in [6.07, 6.45) is 2.98. The van der Waals surface area contributed by atoms with Crippen LogP contribution in [-0.4, -0.2) is 23.4 Å². The molecule has 0 bridgehead atoms. The summed E-state index contributed by atoms with van der Waals surface area (Å²) in [5.74, 6) is 0.732. The standard InChI is InChI=1S/C21H26N2O/c1-5-23-19-11-10-16(12-17(19)15(2)13-21(23,3)4)14-22-18-8-6-7-9-20(18)24/h6-12,14-15,24H,5,13H2,1-4H3. The zero-order valence-electron chi connectivity index (χ0n) is 15.0. The van der Waals surface area contributed by atoms with E-state index in [1.807, 2.05) is 18.3 Å². The molecular weight excluding hydrogens is 296 g/mol. The molecule has 1 aliphatic heterocycles. The molecule has 2 aromatic rings. The fourth-order valence-corrected chi connectivity index (χ4v) is 3.91. The molecule has 1 atom stereocenters. The van der Waals surface area contributed by atoms with Gasteiger partial charge >= 0.3 is 0 Å². The van der Waals surface area contributed by atoms with Gasteiger partial charge < -0.3 is 10.0 Å². The van der Waals surface area contributed by atoms with Crippen LogP contribution in [0.15, 0.2) is 47.5 Å². The van der Waals surface area contributed by atoms with Crippen molar-refractivity contribution in [1.82, 2.24) is 0 Å². The van der Waals surface area contributed by atoms with Crippen molar-refractivity contribution in [3.63, 3.8) is 0 Å². The van der Waals surface area contributed by atoms with Gasteiger partial charge in [-0.05, 0) is 68.5 Å². The molecule has 0 spiro atoms. The number of aliphatic imine (C=N–C) groups is 1. The molecule has 0 saturated heterocycles. The Bertz CT molecular complexity index is 764. The van der Waals surface area contributed by atoms with Gasteiger partial charge in [-0.1, -0.05) is 25.1 Å². The van der Waals surface area contributed by atoms with E-state index < -0.39 is 0 Å². The lowest BCUT2D eigenvalue weighted by Crippen LogP contribution is -2.48. The van der Waals surface area contributed by atoms with Crippen molar-refractivity contribution in [2.24, 2.45) is 4.99 Å². The zero-order chi connectivity index (χ0) is 17.3. The second-order valence-electron chi connectivity index (χ2n) is 7.23. The number of hydrogen-bond acceptors (Lipinski definition) is 3. The lowest BCUT2D eigenvalue weighted by Gasteiger charge is -2.47. The van der Waals surface area contributed by atoms with Crippen LogP contribution in [0.5, 0.6) is 5.75 Å². The van der Waals surface area contributed by atoms with E-state index in [4.69, 9.17) is 0 Å². The molecule has 1 aliphatic rings. The predicted molar refractivity (Wildman–Crippen MR) is 102 cm³/mol. The van der Waals surface area contributed by atoms with Gasteiger partial charge in [-0.25, -0.2) is 0 Å². The summed E-state index contributed by atoms with van der Waals surface area (Å²) in [6.45, 7) is 10.2. The second-order valence-corrected chi connectivity index (χ2v) is 7.23. The van der Waals surface area contributed by atoms with Crippen LogP contribution in [-0.2, 0) is 0 Å². The second kappa shape index (κ2) is 6.31. The highest BCUT2D eigenvalue weighted by Gasteiger charge is 2.35. The summed E-state index contributed by atoms with van der Waals surface area (Å²) in [4.78, 5) is 6.92. The summed E-state index contributed by atoms with van der Waals surface area (Å²) < 4.78 is 0. The van der Waals surface area contributed by atoms with Crippen LogP contribution >= 0.6 is 0 Å². The molecule has 0 aromatic heterocycles. The summed E-state index contributed by atoms with van der Waals surface area (Å²) in [6, 6.07) is 13.7. The number of anilines is 1. The van der Waals surface area contributed by atoms with Crippen molar-refractivity contribution in [2.45, 2.75) is 45.6 Å². The third kappa shape index (κ3) is 3.03. The fraction of sp³-hybridized carbons (Fsp3) is 0.381. The van der Waals surface area contributed by atoms with Crippen molar-refractivity contribution in [1.29, 1.82) is 0 Å². The van der Waals surface area contributed by atoms with Crippen LogP contribution in [0.1, 0.15) is 51.2 Å². The average Bonchev–Trinajstić information content (AvgIpc) is 2.54. The average molecular weight is 322 g/mol. The molecule has 3 heteroatoms. The molecule has 1 heterocycles. The number of phenolic OH excluding ortho intramolecular Hbond substituents is 1. The third-order valence-corrected chi connectivity index (χ3v) is 4.96. The number of aromatic hydroxyl groups is 1. The predicted octanol–water partition coefficient (Wildman–Crippen LogP) is 5.25. The Morgan fingerprint density at radius 2 is 2.00 bits per heavy atom. The smallest absolute Gasteiger partial charge is 0.141 e. The Kier molecular flexibility index (Phi) is 4.35. The summed E-state index contributed by atoms with van der Waals surface area (Å²) >= 11 is 0. The van der Waals surface area contributed by atoms with Crippen LogP contribution < -0.4 is 4.90 Å². The maximum Gasteiger partial charge on any atom is 0.141 e. The monoisotopic (exact) mass is 322 g/mol.